The number of rotatable bonds is 1. The molecule has 0 saturated carbocycles. The smallest absolute Gasteiger partial charge is 0.150 e. The molecule has 0 N–H and O–H groups in total. The van der Waals surface area contributed by atoms with Gasteiger partial charge in [-0.3, -0.25) is 4.79 Å². The first-order chi connectivity index (χ1) is 4.93. The molecule has 0 spiro atoms. The maximum Gasteiger partial charge on any atom is 0.150 e. The van der Waals surface area contributed by atoms with Crippen LogP contribution in [0.2, 0.25) is 0 Å². The molecule has 10 heavy (non-hydrogen) atoms. The fraction of sp³-hybridized carbons (Fsp3) is 0. The minimum Gasteiger partial charge on any atom is -0.307 e. The predicted molar refractivity (Wildman–Crippen MR) is 39.0 cm³/mol. The highest BCUT2D eigenvalue weighted by Crippen LogP contribution is 1.91. The van der Waals surface area contributed by atoms with Gasteiger partial charge in [-0.05, 0) is 0 Å². The van der Waals surface area contributed by atoms with E-state index in [9.17, 15) is 4.79 Å². The lowest BCUT2D eigenvalue weighted by Gasteiger charge is -1.81. The standard InChI is InChI=1S/C7H6O.CH2O/c8-6-7-4-2-1-3-5-7;1-2/h1-6H;1H2. The van der Waals surface area contributed by atoms with E-state index in [1.54, 1.807) is 12.1 Å². The Balaban J connectivity index is 0.000000371. The number of hydrogen-bond donors (Lipinski definition) is 0. The molecule has 0 fully saturated rings. The van der Waals surface area contributed by atoms with Gasteiger partial charge in [0.05, 0.1) is 0 Å². The third-order valence-electron chi connectivity index (χ3n) is 0.936. The van der Waals surface area contributed by atoms with Crippen molar-refractivity contribution in [3.05, 3.63) is 35.9 Å². The van der Waals surface area contributed by atoms with Crippen LogP contribution >= 0.6 is 0 Å². The summed E-state index contributed by atoms with van der Waals surface area (Å²) in [4.78, 5) is 18.0. The first kappa shape index (κ1) is 8.56. The lowest BCUT2D eigenvalue weighted by molar-refractivity contribution is -0.0979. The van der Waals surface area contributed by atoms with Crippen molar-refractivity contribution in [2.45, 2.75) is 0 Å². The van der Waals surface area contributed by atoms with Gasteiger partial charge in [0, 0.05) is 5.56 Å². The van der Waals surface area contributed by atoms with Crippen molar-refractivity contribution in [1.29, 1.82) is 0 Å². The summed E-state index contributed by atoms with van der Waals surface area (Å²) in [6.45, 7) is 2.00. The van der Waals surface area contributed by atoms with Crippen molar-refractivity contribution in [2.24, 2.45) is 0 Å². The molecule has 2 nitrogen and oxygen atoms in total. The molecule has 0 atom stereocenters. The van der Waals surface area contributed by atoms with Crippen LogP contribution in [0.15, 0.2) is 30.3 Å². The number of aldehydes is 1. The van der Waals surface area contributed by atoms with Crippen molar-refractivity contribution >= 4 is 13.1 Å². The van der Waals surface area contributed by atoms with E-state index in [0.29, 0.717) is 0 Å². The Kier molecular flexibility index (Phi) is 4.87. The maximum absolute atomic E-state index is 10.0. The molecule has 0 radical (unpaired) electrons. The zero-order valence-electron chi connectivity index (χ0n) is 5.49. The average molecular weight is 136 g/mol. The summed E-state index contributed by atoms with van der Waals surface area (Å²) in [5.74, 6) is 0. The molecule has 52 valence electrons. The second-order valence-electron chi connectivity index (χ2n) is 1.53. The van der Waals surface area contributed by atoms with Gasteiger partial charge < -0.3 is 4.79 Å². The second-order valence-corrected chi connectivity index (χ2v) is 1.53. The van der Waals surface area contributed by atoms with Crippen molar-refractivity contribution < 1.29 is 9.59 Å². The van der Waals surface area contributed by atoms with Gasteiger partial charge in [-0.25, -0.2) is 0 Å². The summed E-state index contributed by atoms with van der Waals surface area (Å²) >= 11 is 0. The minimum absolute atomic E-state index is 0.729. The summed E-state index contributed by atoms with van der Waals surface area (Å²) in [5, 5.41) is 0. The quantitative estimate of drug-likeness (QED) is 0.545. The van der Waals surface area contributed by atoms with E-state index < -0.39 is 0 Å². The number of carbonyl (C=O) groups is 2. The highest BCUT2D eigenvalue weighted by atomic mass is 16.1. The SMILES string of the molecule is C=O.O=Cc1ccccc1. The number of hydrogen-bond acceptors (Lipinski definition) is 2. The molecule has 2 heteroatoms. The molecular formula is C8H8O2. The third-order valence-corrected chi connectivity index (χ3v) is 0.936. The Morgan fingerprint density at radius 3 is 1.90 bits per heavy atom. The lowest BCUT2D eigenvalue weighted by Crippen LogP contribution is -1.73. The van der Waals surface area contributed by atoms with Crippen LogP contribution in [0.25, 0.3) is 0 Å². The molecule has 1 aromatic carbocycles. The van der Waals surface area contributed by atoms with Crippen molar-refractivity contribution in [2.75, 3.05) is 0 Å². The molecule has 0 saturated heterocycles. The number of carbonyl (C=O) groups excluding carboxylic acids is 2. The van der Waals surface area contributed by atoms with Gasteiger partial charge in [0.1, 0.15) is 13.1 Å². The van der Waals surface area contributed by atoms with Crippen molar-refractivity contribution in [3.63, 3.8) is 0 Å². The summed E-state index contributed by atoms with van der Waals surface area (Å²) in [5.41, 5.74) is 0.729. The van der Waals surface area contributed by atoms with Gasteiger partial charge in [0.2, 0.25) is 0 Å². The van der Waals surface area contributed by atoms with Crippen LogP contribution in [0.5, 0.6) is 0 Å². The topological polar surface area (TPSA) is 34.1 Å². The average Bonchev–Trinajstić information content (AvgIpc) is 2.10. The Bertz CT molecular complexity index is 182. The van der Waals surface area contributed by atoms with Crippen LogP contribution in [0.3, 0.4) is 0 Å². The lowest BCUT2D eigenvalue weighted by atomic mass is 10.2. The van der Waals surface area contributed by atoms with Crippen LogP contribution in [0.4, 0.5) is 0 Å². The minimum atomic E-state index is 0.729. The van der Waals surface area contributed by atoms with Gasteiger partial charge in [-0.15, -0.1) is 0 Å². The normalized spacial score (nSPS) is 7.20. The molecule has 0 aliphatic heterocycles. The highest BCUT2D eigenvalue weighted by Gasteiger charge is 1.79. The van der Waals surface area contributed by atoms with Crippen LogP contribution in [-0.2, 0) is 4.79 Å². The van der Waals surface area contributed by atoms with E-state index in [-0.39, 0.29) is 0 Å². The van der Waals surface area contributed by atoms with E-state index >= 15 is 0 Å². The van der Waals surface area contributed by atoms with E-state index in [0.717, 1.165) is 11.8 Å². The van der Waals surface area contributed by atoms with Crippen molar-refractivity contribution in [1.82, 2.24) is 0 Å². The number of benzene rings is 1. The molecule has 0 unspecified atom stereocenters. The molecule has 0 aromatic heterocycles. The Morgan fingerprint density at radius 2 is 1.60 bits per heavy atom. The summed E-state index contributed by atoms with van der Waals surface area (Å²) in [6.07, 6.45) is 0.833. The van der Waals surface area contributed by atoms with E-state index in [2.05, 4.69) is 0 Å². The largest absolute Gasteiger partial charge is 0.307 e. The highest BCUT2D eigenvalue weighted by molar-refractivity contribution is 5.74. The summed E-state index contributed by atoms with van der Waals surface area (Å²) < 4.78 is 0. The van der Waals surface area contributed by atoms with Gasteiger partial charge in [-0.2, -0.15) is 0 Å². The Labute approximate surface area is 59.5 Å². The summed E-state index contributed by atoms with van der Waals surface area (Å²) in [6, 6.07) is 9.10. The van der Waals surface area contributed by atoms with Crippen LogP contribution in [-0.4, -0.2) is 13.1 Å². The Hall–Kier alpha value is -1.44. The van der Waals surface area contributed by atoms with Crippen molar-refractivity contribution in [3.8, 4) is 0 Å². The van der Waals surface area contributed by atoms with Crippen LogP contribution in [0, 0.1) is 0 Å². The zero-order chi connectivity index (χ0) is 7.82. The zero-order valence-corrected chi connectivity index (χ0v) is 5.49. The monoisotopic (exact) mass is 136 g/mol. The van der Waals surface area contributed by atoms with Gasteiger partial charge in [-0.1, -0.05) is 30.3 Å². The van der Waals surface area contributed by atoms with Gasteiger partial charge in [0.15, 0.2) is 0 Å². The molecule has 0 aliphatic rings. The molecule has 0 amide bonds. The van der Waals surface area contributed by atoms with E-state index in [1.165, 1.54) is 0 Å². The van der Waals surface area contributed by atoms with Crippen LogP contribution < -0.4 is 0 Å². The van der Waals surface area contributed by atoms with E-state index in [4.69, 9.17) is 4.79 Å². The van der Waals surface area contributed by atoms with Gasteiger partial charge >= 0.3 is 0 Å². The Morgan fingerprint density at radius 1 is 1.10 bits per heavy atom. The molecule has 1 aromatic rings. The van der Waals surface area contributed by atoms with E-state index in [1.807, 2.05) is 25.0 Å². The fourth-order valence-electron chi connectivity index (χ4n) is 0.532. The molecule has 0 aliphatic carbocycles. The maximum atomic E-state index is 10.0. The fourth-order valence-corrected chi connectivity index (χ4v) is 0.532. The molecule has 1 rings (SSSR count). The molecule has 0 heterocycles. The van der Waals surface area contributed by atoms with Gasteiger partial charge in [0.25, 0.3) is 0 Å². The molecule has 0 bridgehead atoms. The third kappa shape index (κ3) is 2.77. The molecular weight excluding hydrogens is 128 g/mol. The second kappa shape index (κ2) is 5.69. The first-order valence-electron chi connectivity index (χ1n) is 2.72. The first-order valence-corrected chi connectivity index (χ1v) is 2.72. The predicted octanol–water partition coefficient (Wildman–Crippen LogP) is 1.31. The summed E-state index contributed by atoms with van der Waals surface area (Å²) in [7, 11) is 0. The van der Waals surface area contributed by atoms with Crippen LogP contribution in [0.1, 0.15) is 10.4 Å².